The zero-order valence-corrected chi connectivity index (χ0v) is 11.5. The molecule has 19 heavy (non-hydrogen) atoms. The van der Waals surface area contributed by atoms with Crippen molar-refractivity contribution in [1.29, 1.82) is 0 Å². The number of carbonyl (C=O) groups is 1. The zero-order chi connectivity index (χ0) is 13.7. The molecule has 0 aliphatic carbocycles. The first-order chi connectivity index (χ1) is 9.15. The van der Waals surface area contributed by atoms with Gasteiger partial charge in [-0.05, 0) is 24.3 Å². The summed E-state index contributed by atoms with van der Waals surface area (Å²) in [5.41, 5.74) is 6.24. The number of amides is 1. The number of ether oxygens (including phenoxy) is 1. The number of anilines is 1. The van der Waals surface area contributed by atoms with Crippen molar-refractivity contribution in [1.82, 2.24) is 4.98 Å². The molecule has 2 rings (SSSR count). The van der Waals surface area contributed by atoms with Crippen molar-refractivity contribution in [3.63, 3.8) is 0 Å². The van der Waals surface area contributed by atoms with Crippen molar-refractivity contribution in [2.24, 2.45) is 5.73 Å². The van der Waals surface area contributed by atoms with Crippen LogP contribution in [0.5, 0.6) is 5.75 Å². The fraction of sp³-hybridized carbons (Fsp3) is 0.0833. The molecular formula is C12H11N3O2S2. The van der Waals surface area contributed by atoms with E-state index in [2.05, 4.69) is 10.3 Å². The smallest absolute Gasteiger partial charge is 0.264 e. The maximum atomic E-state index is 11.5. The second-order valence-corrected chi connectivity index (χ2v) is 4.90. The van der Waals surface area contributed by atoms with Gasteiger partial charge in [0.1, 0.15) is 10.7 Å². The molecule has 0 saturated carbocycles. The third-order valence-electron chi connectivity index (χ3n) is 2.19. The molecule has 1 amide bonds. The highest BCUT2D eigenvalue weighted by molar-refractivity contribution is 7.80. The van der Waals surface area contributed by atoms with Gasteiger partial charge in [-0.15, -0.1) is 11.3 Å². The van der Waals surface area contributed by atoms with Gasteiger partial charge in [-0.25, -0.2) is 4.98 Å². The van der Waals surface area contributed by atoms with Gasteiger partial charge < -0.3 is 10.5 Å². The molecule has 2 aromatic rings. The van der Waals surface area contributed by atoms with E-state index in [-0.39, 0.29) is 12.5 Å². The molecule has 0 aliphatic rings. The highest BCUT2D eigenvalue weighted by Crippen LogP contribution is 2.13. The second-order valence-electron chi connectivity index (χ2n) is 3.56. The Morgan fingerprint density at radius 2 is 2.16 bits per heavy atom. The maximum Gasteiger partial charge on any atom is 0.264 e. The van der Waals surface area contributed by atoms with Crippen LogP contribution in [0.4, 0.5) is 5.13 Å². The van der Waals surface area contributed by atoms with Crippen LogP contribution >= 0.6 is 23.6 Å². The lowest BCUT2D eigenvalue weighted by Gasteiger charge is -2.06. The Bertz CT molecular complexity index is 567. The Kier molecular flexibility index (Phi) is 4.43. The van der Waals surface area contributed by atoms with Gasteiger partial charge in [-0.1, -0.05) is 12.2 Å². The fourth-order valence-corrected chi connectivity index (χ4v) is 1.99. The lowest BCUT2D eigenvalue weighted by molar-refractivity contribution is -0.118. The van der Waals surface area contributed by atoms with E-state index < -0.39 is 0 Å². The van der Waals surface area contributed by atoms with Crippen LogP contribution in [0.1, 0.15) is 5.56 Å². The van der Waals surface area contributed by atoms with Crippen LogP contribution in [0.3, 0.4) is 0 Å². The molecule has 0 atom stereocenters. The van der Waals surface area contributed by atoms with Gasteiger partial charge in [0, 0.05) is 17.1 Å². The van der Waals surface area contributed by atoms with Gasteiger partial charge in [0.2, 0.25) is 0 Å². The number of aromatic nitrogens is 1. The summed E-state index contributed by atoms with van der Waals surface area (Å²) in [5, 5.41) is 4.96. The van der Waals surface area contributed by atoms with Crippen LogP contribution in [0.25, 0.3) is 0 Å². The number of nitrogens with one attached hydrogen (secondary N) is 1. The molecule has 1 aromatic carbocycles. The number of rotatable bonds is 5. The molecule has 1 heterocycles. The minimum Gasteiger partial charge on any atom is -0.484 e. The van der Waals surface area contributed by atoms with E-state index >= 15 is 0 Å². The predicted octanol–water partition coefficient (Wildman–Crippen LogP) is 1.79. The summed E-state index contributed by atoms with van der Waals surface area (Å²) < 4.78 is 5.33. The van der Waals surface area contributed by atoms with Crippen molar-refractivity contribution in [3.05, 3.63) is 41.4 Å². The van der Waals surface area contributed by atoms with E-state index in [0.717, 1.165) is 5.56 Å². The predicted molar refractivity (Wildman–Crippen MR) is 78.6 cm³/mol. The Morgan fingerprint density at radius 3 is 2.74 bits per heavy atom. The number of benzene rings is 1. The van der Waals surface area contributed by atoms with Gasteiger partial charge >= 0.3 is 0 Å². The minimum atomic E-state index is -0.256. The van der Waals surface area contributed by atoms with Gasteiger partial charge in [-0.2, -0.15) is 0 Å². The van der Waals surface area contributed by atoms with Crippen molar-refractivity contribution in [2.75, 3.05) is 11.9 Å². The first-order valence-electron chi connectivity index (χ1n) is 5.37. The van der Waals surface area contributed by atoms with E-state index in [4.69, 9.17) is 22.7 Å². The van der Waals surface area contributed by atoms with Crippen LogP contribution < -0.4 is 15.8 Å². The van der Waals surface area contributed by atoms with Crippen molar-refractivity contribution in [3.8, 4) is 5.75 Å². The maximum absolute atomic E-state index is 11.5. The van der Waals surface area contributed by atoms with E-state index in [9.17, 15) is 4.79 Å². The Labute approximate surface area is 119 Å². The molecule has 98 valence electrons. The first-order valence-corrected chi connectivity index (χ1v) is 6.66. The third-order valence-corrected chi connectivity index (χ3v) is 3.11. The van der Waals surface area contributed by atoms with E-state index in [1.54, 1.807) is 35.8 Å². The molecule has 0 aliphatic heterocycles. The summed E-state index contributed by atoms with van der Waals surface area (Å²) in [6.07, 6.45) is 1.62. The third kappa shape index (κ3) is 4.01. The van der Waals surface area contributed by atoms with Crippen LogP contribution in [-0.4, -0.2) is 22.5 Å². The van der Waals surface area contributed by atoms with Crippen molar-refractivity contribution < 1.29 is 9.53 Å². The molecule has 0 saturated heterocycles. The number of carbonyl (C=O) groups excluding carboxylic acids is 1. The van der Waals surface area contributed by atoms with Gasteiger partial charge in [0.05, 0.1) is 0 Å². The highest BCUT2D eigenvalue weighted by atomic mass is 32.1. The lowest BCUT2D eigenvalue weighted by Crippen LogP contribution is -2.20. The number of hydrogen-bond donors (Lipinski definition) is 2. The molecule has 0 unspecified atom stereocenters. The van der Waals surface area contributed by atoms with E-state index in [1.807, 2.05) is 0 Å². The first kappa shape index (κ1) is 13.4. The zero-order valence-electron chi connectivity index (χ0n) is 9.83. The average molecular weight is 293 g/mol. The fourth-order valence-electron chi connectivity index (χ4n) is 1.30. The summed E-state index contributed by atoms with van der Waals surface area (Å²) in [6, 6.07) is 6.92. The molecule has 0 bridgehead atoms. The average Bonchev–Trinajstić information content (AvgIpc) is 2.89. The number of thiocarbonyl (C=S) groups is 1. The summed E-state index contributed by atoms with van der Waals surface area (Å²) in [7, 11) is 0. The number of nitrogens with zero attached hydrogens (tertiary/aromatic N) is 1. The second kappa shape index (κ2) is 6.26. The normalized spacial score (nSPS) is 9.89. The topological polar surface area (TPSA) is 77.2 Å². The Morgan fingerprint density at radius 1 is 1.42 bits per heavy atom. The molecule has 1 aromatic heterocycles. The van der Waals surface area contributed by atoms with Crippen LogP contribution in [0.15, 0.2) is 35.8 Å². The molecular weight excluding hydrogens is 282 g/mol. The Hall–Kier alpha value is -1.99. The van der Waals surface area contributed by atoms with E-state index in [1.165, 1.54) is 11.3 Å². The number of hydrogen-bond acceptors (Lipinski definition) is 5. The number of thiazole rings is 1. The van der Waals surface area contributed by atoms with Gasteiger partial charge in [-0.3, -0.25) is 10.1 Å². The molecule has 0 spiro atoms. The largest absolute Gasteiger partial charge is 0.484 e. The van der Waals surface area contributed by atoms with Crippen molar-refractivity contribution in [2.45, 2.75) is 0 Å². The summed E-state index contributed by atoms with van der Waals surface area (Å²) in [5.74, 6) is 0.322. The summed E-state index contributed by atoms with van der Waals surface area (Å²) in [6.45, 7) is -0.0774. The van der Waals surface area contributed by atoms with Crippen LogP contribution in [0.2, 0.25) is 0 Å². The standard InChI is InChI=1S/C12H11N3O2S2/c13-11(18)8-1-3-9(4-2-8)17-7-10(16)15-12-14-5-6-19-12/h1-6H,7H2,(H2,13,18)(H,14,15,16). The molecule has 5 nitrogen and oxygen atoms in total. The lowest BCUT2D eigenvalue weighted by atomic mass is 10.2. The van der Waals surface area contributed by atoms with E-state index in [0.29, 0.717) is 15.9 Å². The molecule has 3 N–H and O–H groups in total. The summed E-state index contributed by atoms with van der Waals surface area (Å²) >= 11 is 6.19. The molecule has 0 radical (unpaired) electrons. The van der Waals surface area contributed by atoms with Gasteiger partial charge in [0.25, 0.3) is 5.91 Å². The molecule has 0 fully saturated rings. The summed E-state index contributed by atoms with van der Waals surface area (Å²) in [4.78, 5) is 15.8. The highest BCUT2D eigenvalue weighted by Gasteiger charge is 2.05. The van der Waals surface area contributed by atoms with Gasteiger partial charge in [0.15, 0.2) is 11.7 Å². The Balaban J connectivity index is 1.84. The molecule has 7 heteroatoms. The monoisotopic (exact) mass is 293 g/mol. The minimum absolute atomic E-state index is 0.0774. The van der Waals surface area contributed by atoms with Crippen LogP contribution in [0, 0.1) is 0 Å². The van der Waals surface area contributed by atoms with Crippen LogP contribution in [-0.2, 0) is 4.79 Å². The number of nitrogens with two attached hydrogens (primary N) is 1. The quantitative estimate of drug-likeness (QED) is 0.822. The van der Waals surface area contributed by atoms with Crippen molar-refractivity contribution >= 4 is 39.6 Å². The SMILES string of the molecule is NC(=S)c1ccc(OCC(=O)Nc2nccs2)cc1.